The molecule has 0 atom stereocenters. The van der Waals surface area contributed by atoms with Crippen LogP contribution >= 0.6 is 0 Å². The van der Waals surface area contributed by atoms with Gasteiger partial charge >= 0.3 is 0 Å². The van der Waals surface area contributed by atoms with Crippen molar-refractivity contribution in [2.45, 2.75) is 13.5 Å². The van der Waals surface area contributed by atoms with Crippen LogP contribution in [0.1, 0.15) is 12.5 Å². The third kappa shape index (κ3) is 3.14. The highest BCUT2D eigenvalue weighted by Crippen LogP contribution is 2.19. The van der Waals surface area contributed by atoms with Gasteiger partial charge in [0.2, 0.25) is 0 Å². The van der Waals surface area contributed by atoms with E-state index in [1.54, 1.807) is 0 Å². The molecule has 0 saturated heterocycles. The van der Waals surface area contributed by atoms with Crippen molar-refractivity contribution in [1.29, 1.82) is 0 Å². The minimum absolute atomic E-state index is 0.689. The van der Waals surface area contributed by atoms with Crippen LogP contribution in [0.25, 0.3) is 10.9 Å². The SMILES string of the molecule is CCOc1ccc(NCc2cccc3cccnc23)cc1. The number of para-hydroxylation sites is 1. The van der Waals surface area contributed by atoms with Gasteiger partial charge in [0.25, 0.3) is 0 Å². The van der Waals surface area contributed by atoms with Crippen molar-refractivity contribution in [1.82, 2.24) is 4.98 Å². The Morgan fingerprint density at radius 2 is 1.81 bits per heavy atom. The zero-order valence-corrected chi connectivity index (χ0v) is 12.0. The van der Waals surface area contributed by atoms with E-state index in [-0.39, 0.29) is 0 Å². The molecule has 0 unspecified atom stereocenters. The summed E-state index contributed by atoms with van der Waals surface area (Å²) < 4.78 is 5.44. The Kier molecular flexibility index (Phi) is 4.01. The Labute approximate surface area is 124 Å². The van der Waals surface area contributed by atoms with Crippen LogP contribution in [0.5, 0.6) is 5.75 Å². The summed E-state index contributed by atoms with van der Waals surface area (Å²) in [6, 6.07) is 18.3. The Balaban J connectivity index is 1.74. The van der Waals surface area contributed by atoms with Crippen molar-refractivity contribution >= 4 is 16.6 Å². The van der Waals surface area contributed by atoms with Crippen LogP contribution in [0.3, 0.4) is 0 Å². The van der Waals surface area contributed by atoms with E-state index in [0.29, 0.717) is 6.61 Å². The third-order valence-electron chi connectivity index (χ3n) is 3.36. The van der Waals surface area contributed by atoms with E-state index in [4.69, 9.17) is 4.74 Å². The van der Waals surface area contributed by atoms with Gasteiger partial charge in [-0.3, -0.25) is 4.98 Å². The quantitative estimate of drug-likeness (QED) is 0.757. The van der Waals surface area contributed by atoms with E-state index in [0.717, 1.165) is 23.5 Å². The second-order valence-corrected chi connectivity index (χ2v) is 4.80. The second-order valence-electron chi connectivity index (χ2n) is 4.80. The predicted molar refractivity (Wildman–Crippen MR) is 86.7 cm³/mol. The van der Waals surface area contributed by atoms with Crippen LogP contribution in [0.15, 0.2) is 60.8 Å². The number of ether oxygens (including phenoxy) is 1. The molecule has 1 N–H and O–H groups in total. The summed E-state index contributed by atoms with van der Waals surface area (Å²) in [5, 5.41) is 4.60. The number of nitrogens with one attached hydrogen (secondary N) is 1. The molecule has 0 radical (unpaired) electrons. The summed E-state index contributed by atoms with van der Waals surface area (Å²) in [6.07, 6.45) is 1.84. The van der Waals surface area contributed by atoms with E-state index in [1.807, 2.05) is 43.5 Å². The zero-order valence-electron chi connectivity index (χ0n) is 12.0. The van der Waals surface area contributed by atoms with Gasteiger partial charge in [-0.05, 0) is 42.8 Å². The smallest absolute Gasteiger partial charge is 0.119 e. The summed E-state index contributed by atoms with van der Waals surface area (Å²) >= 11 is 0. The molecule has 0 fully saturated rings. The minimum atomic E-state index is 0.689. The molecule has 0 aliphatic carbocycles. The lowest BCUT2D eigenvalue weighted by Gasteiger charge is -2.09. The van der Waals surface area contributed by atoms with Crippen LogP contribution < -0.4 is 10.1 Å². The first-order chi connectivity index (χ1) is 10.4. The van der Waals surface area contributed by atoms with E-state index >= 15 is 0 Å². The standard InChI is InChI=1S/C18H18N2O/c1-2-21-17-10-8-16(9-11-17)20-13-15-6-3-5-14-7-4-12-19-18(14)15/h3-12,20H,2,13H2,1H3. The number of pyridine rings is 1. The fourth-order valence-electron chi connectivity index (χ4n) is 2.34. The number of hydrogen-bond acceptors (Lipinski definition) is 3. The molecule has 0 aliphatic heterocycles. The molecule has 2 aromatic carbocycles. The Hall–Kier alpha value is -2.55. The monoisotopic (exact) mass is 278 g/mol. The van der Waals surface area contributed by atoms with Crippen LogP contribution in [0.2, 0.25) is 0 Å². The van der Waals surface area contributed by atoms with Crippen molar-refractivity contribution in [3.8, 4) is 5.75 Å². The number of fused-ring (bicyclic) bond motifs is 1. The average Bonchev–Trinajstić information content (AvgIpc) is 2.54. The van der Waals surface area contributed by atoms with Crippen molar-refractivity contribution in [3.63, 3.8) is 0 Å². The van der Waals surface area contributed by atoms with E-state index in [2.05, 4.69) is 34.6 Å². The van der Waals surface area contributed by atoms with Crippen LogP contribution in [-0.2, 0) is 6.54 Å². The van der Waals surface area contributed by atoms with Gasteiger partial charge in [-0.2, -0.15) is 0 Å². The van der Waals surface area contributed by atoms with Gasteiger partial charge in [0.05, 0.1) is 12.1 Å². The lowest BCUT2D eigenvalue weighted by Crippen LogP contribution is -2.01. The number of benzene rings is 2. The number of hydrogen-bond donors (Lipinski definition) is 1. The first kappa shape index (κ1) is 13.4. The van der Waals surface area contributed by atoms with Crippen LogP contribution in [0, 0.1) is 0 Å². The normalized spacial score (nSPS) is 10.5. The summed E-state index contributed by atoms with van der Waals surface area (Å²) in [6.45, 7) is 3.43. The van der Waals surface area contributed by atoms with Crippen LogP contribution in [-0.4, -0.2) is 11.6 Å². The zero-order chi connectivity index (χ0) is 14.5. The first-order valence-electron chi connectivity index (χ1n) is 7.16. The molecule has 1 aromatic heterocycles. The average molecular weight is 278 g/mol. The van der Waals surface area contributed by atoms with Gasteiger partial charge in [-0.15, -0.1) is 0 Å². The molecule has 1 heterocycles. The van der Waals surface area contributed by atoms with Gasteiger partial charge in [0, 0.05) is 23.8 Å². The fraction of sp³-hybridized carbons (Fsp3) is 0.167. The molecule has 0 aliphatic rings. The molecule has 0 bridgehead atoms. The number of nitrogens with zero attached hydrogens (tertiary/aromatic N) is 1. The molecule has 21 heavy (non-hydrogen) atoms. The molecule has 3 nitrogen and oxygen atoms in total. The van der Waals surface area contributed by atoms with E-state index in [1.165, 1.54) is 10.9 Å². The highest BCUT2D eigenvalue weighted by Gasteiger charge is 2.01. The van der Waals surface area contributed by atoms with Crippen molar-refractivity contribution in [2.24, 2.45) is 0 Å². The van der Waals surface area contributed by atoms with Crippen molar-refractivity contribution < 1.29 is 4.74 Å². The predicted octanol–water partition coefficient (Wildman–Crippen LogP) is 4.25. The van der Waals surface area contributed by atoms with Gasteiger partial charge in [0.15, 0.2) is 0 Å². The molecule has 3 aromatic rings. The van der Waals surface area contributed by atoms with Crippen molar-refractivity contribution in [2.75, 3.05) is 11.9 Å². The first-order valence-corrected chi connectivity index (χ1v) is 7.16. The molecule has 3 rings (SSSR count). The van der Waals surface area contributed by atoms with Gasteiger partial charge in [-0.25, -0.2) is 0 Å². The lowest BCUT2D eigenvalue weighted by molar-refractivity contribution is 0.340. The largest absolute Gasteiger partial charge is 0.494 e. The van der Waals surface area contributed by atoms with Gasteiger partial charge in [-0.1, -0.05) is 24.3 Å². The molecule has 0 amide bonds. The summed E-state index contributed by atoms with van der Waals surface area (Å²) in [5.41, 5.74) is 3.33. The third-order valence-corrected chi connectivity index (χ3v) is 3.36. The molecule has 0 saturated carbocycles. The molecule has 3 heteroatoms. The summed E-state index contributed by atoms with van der Waals surface area (Å²) in [4.78, 5) is 4.47. The highest BCUT2D eigenvalue weighted by atomic mass is 16.5. The molecule has 106 valence electrons. The Morgan fingerprint density at radius 3 is 2.62 bits per heavy atom. The topological polar surface area (TPSA) is 34.1 Å². The maximum atomic E-state index is 5.44. The molecule has 0 spiro atoms. The second kappa shape index (κ2) is 6.27. The van der Waals surface area contributed by atoms with E-state index < -0.39 is 0 Å². The van der Waals surface area contributed by atoms with Gasteiger partial charge in [0.1, 0.15) is 5.75 Å². The van der Waals surface area contributed by atoms with Gasteiger partial charge < -0.3 is 10.1 Å². The van der Waals surface area contributed by atoms with Crippen molar-refractivity contribution in [3.05, 3.63) is 66.4 Å². The number of anilines is 1. The maximum absolute atomic E-state index is 5.44. The lowest BCUT2D eigenvalue weighted by atomic mass is 10.1. The highest BCUT2D eigenvalue weighted by molar-refractivity contribution is 5.81. The minimum Gasteiger partial charge on any atom is -0.494 e. The Morgan fingerprint density at radius 1 is 1.00 bits per heavy atom. The number of aromatic nitrogens is 1. The summed E-state index contributed by atoms with van der Waals surface area (Å²) in [7, 11) is 0. The Bertz CT molecular complexity index is 717. The number of rotatable bonds is 5. The maximum Gasteiger partial charge on any atom is 0.119 e. The summed E-state index contributed by atoms with van der Waals surface area (Å²) in [5.74, 6) is 0.898. The molecular formula is C18H18N2O. The van der Waals surface area contributed by atoms with E-state index in [9.17, 15) is 0 Å². The van der Waals surface area contributed by atoms with Crippen LogP contribution in [0.4, 0.5) is 5.69 Å². The fourth-order valence-corrected chi connectivity index (χ4v) is 2.34. The molecular weight excluding hydrogens is 260 g/mol.